The maximum absolute atomic E-state index is 13.5. The maximum Gasteiger partial charge on any atom is 0.224 e. The first-order valence-electron chi connectivity index (χ1n) is 7.63. The Hall–Kier alpha value is -2.53. The van der Waals surface area contributed by atoms with E-state index in [1.165, 1.54) is 6.07 Å². The number of hydrogen-bond acceptors (Lipinski definition) is 3. The standard InChI is InChI=1S/C19H17FN2OS/c1-13-12-24-19(22-13)15-8-6-14(7-9-15)11-21-18(23)10-16-4-2-3-5-17(16)20/h2-9,12H,10-11H2,1H3,(H,21,23). The zero-order valence-corrected chi connectivity index (χ0v) is 14.1. The molecule has 0 atom stereocenters. The van der Waals surface area contributed by atoms with Crippen LogP contribution in [0.2, 0.25) is 0 Å². The molecule has 2 aromatic carbocycles. The molecule has 1 amide bonds. The molecule has 122 valence electrons. The molecule has 3 rings (SSSR count). The number of nitrogens with zero attached hydrogens (tertiary/aromatic N) is 1. The van der Waals surface area contributed by atoms with Gasteiger partial charge in [-0.05, 0) is 24.1 Å². The van der Waals surface area contributed by atoms with E-state index >= 15 is 0 Å². The second-order valence-corrected chi connectivity index (χ2v) is 6.39. The summed E-state index contributed by atoms with van der Waals surface area (Å²) in [5, 5.41) is 5.83. The van der Waals surface area contributed by atoms with E-state index < -0.39 is 0 Å². The molecule has 24 heavy (non-hydrogen) atoms. The molecule has 0 aliphatic heterocycles. The average Bonchev–Trinajstić information content (AvgIpc) is 3.02. The SMILES string of the molecule is Cc1csc(-c2ccc(CNC(=O)Cc3ccccc3F)cc2)n1. The summed E-state index contributed by atoms with van der Waals surface area (Å²) in [5.41, 5.74) is 3.48. The van der Waals surface area contributed by atoms with Crippen LogP contribution in [-0.2, 0) is 17.8 Å². The third-order valence-corrected chi connectivity index (χ3v) is 4.63. The molecule has 1 aromatic heterocycles. The normalized spacial score (nSPS) is 10.6. The molecular formula is C19H17FN2OS. The van der Waals surface area contributed by atoms with Crippen LogP contribution in [0.5, 0.6) is 0 Å². The lowest BCUT2D eigenvalue weighted by atomic mass is 10.1. The van der Waals surface area contributed by atoms with Gasteiger partial charge in [0.05, 0.1) is 6.42 Å². The van der Waals surface area contributed by atoms with E-state index in [-0.39, 0.29) is 18.1 Å². The van der Waals surface area contributed by atoms with E-state index in [2.05, 4.69) is 10.3 Å². The molecule has 0 saturated heterocycles. The van der Waals surface area contributed by atoms with Gasteiger partial charge in [-0.3, -0.25) is 4.79 Å². The smallest absolute Gasteiger partial charge is 0.224 e. The Labute approximate surface area is 144 Å². The molecule has 3 aromatic rings. The van der Waals surface area contributed by atoms with Crippen molar-refractivity contribution in [2.24, 2.45) is 0 Å². The van der Waals surface area contributed by atoms with Gasteiger partial charge in [-0.15, -0.1) is 11.3 Å². The number of benzene rings is 2. The van der Waals surface area contributed by atoms with Gasteiger partial charge < -0.3 is 5.32 Å². The van der Waals surface area contributed by atoms with Gasteiger partial charge in [-0.1, -0.05) is 42.5 Å². The van der Waals surface area contributed by atoms with Crippen LogP contribution in [0.1, 0.15) is 16.8 Å². The summed E-state index contributed by atoms with van der Waals surface area (Å²) in [6.45, 7) is 2.39. The van der Waals surface area contributed by atoms with Gasteiger partial charge in [0, 0.05) is 23.2 Å². The lowest BCUT2D eigenvalue weighted by molar-refractivity contribution is -0.120. The van der Waals surface area contributed by atoms with Crippen LogP contribution in [0, 0.1) is 12.7 Å². The van der Waals surface area contributed by atoms with Crippen molar-refractivity contribution in [2.75, 3.05) is 0 Å². The molecule has 0 aliphatic carbocycles. The summed E-state index contributed by atoms with van der Waals surface area (Å²) in [4.78, 5) is 16.4. The van der Waals surface area contributed by atoms with Crippen molar-refractivity contribution in [3.8, 4) is 10.6 Å². The van der Waals surface area contributed by atoms with Crippen molar-refractivity contribution in [2.45, 2.75) is 19.9 Å². The van der Waals surface area contributed by atoms with Crippen LogP contribution in [0.4, 0.5) is 4.39 Å². The lowest BCUT2D eigenvalue weighted by Crippen LogP contribution is -2.24. The second-order valence-electron chi connectivity index (χ2n) is 5.54. The number of aryl methyl sites for hydroxylation is 1. The fourth-order valence-electron chi connectivity index (χ4n) is 2.33. The van der Waals surface area contributed by atoms with Crippen molar-refractivity contribution in [1.82, 2.24) is 10.3 Å². The monoisotopic (exact) mass is 340 g/mol. The number of carbonyl (C=O) groups is 1. The minimum Gasteiger partial charge on any atom is -0.352 e. The topological polar surface area (TPSA) is 42.0 Å². The molecule has 1 heterocycles. The quantitative estimate of drug-likeness (QED) is 0.759. The van der Waals surface area contributed by atoms with Gasteiger partial charge in [0.15, 0.2) is 0 Å². The van der Waals surface area contributed by atoms with Crippen LogP contribution >= 0.6 is 11.3 Å². The largest absolute Gasteiger partial charge is 0.352 e. The summed E-state index contributed by atoms with van der Waals surface area (Å²) in [6.07, 6.45) is 0.0448. The van der Waals surface area contributed by atoms with Gasteiger partial charge in [0.1, 0.15) is 10.8 Å². The van der Waals surface area contributed by atoms with Gasteiger partial charge in [-0.25, -0.2) is 9.37 Å². The summed E-state index contributed by atoms with van der Waals surface area (Å²) < 4.78 is 13.5. The Morgan fingerprint density at radius 1 is 1.17 bits per heavy atom. The molecular weight excluding hydrogens is 323 g/mol. The number of rotatable bonds is 5. The number of aromatic nitrogens is 1. The molecule has 5 heteroatoms. The summed E-state index contributed by atoms with van der Waals surface area (Å²) >= 11 is 1.61. The molecule has 3 nitrogen and oxygen atoms in total. The van der Waals surface area contributed by atoms with E-state index in [9.17, 15) is 9.18 Å². The predicted octanol–water partition coefficient (Wildman–Crippen LogP) is 4.12. The van der Waals surface area contributed by atoms with Crippen molar-refractivity contribution in [1.29, 1.82) is 0 Å². The third kappa shape index (κ3) is 4.06. The first-order valence-corrected chi connectivity index (χ1v) is 8.51. The summed E-state index contributed by atoms with van der Waals surface area (Å²) in [5.74, 6) is -0.546. The third-order valence-electron chi connectivity index (χ3n) is 3.62. The van der Waals surface area contributed by atoms with Crippen LogP contribution in [0.15, 0.2) is 53.9 Å². The van der Waals surface area contributed by atoms with Crippen molar-refractivity contribution >= 4 is 17.2 Å². The number of thiazole rings is 1. The van der Waals surface area contributed by atoms with E-state index in [4.69, 9.17) is 0 Å². The fourth-order valence-corrected chi connectivity index (χ4v) is 3.13. The number of halogens is 1. The molecule has 0 bridgehead atoms. The van der Waals surface area contributed by atoms with Crippen LogP contribution in [-0.4, -0.2) is 10.9 Å². The molecule has 0 unspecified atom stereocenters. The van der Waals surface area contributed by atoms with Gasteiger partial charge in [-0.2, -0.15) is 0 Å². The Morgan fingerprint density at radius 3 is 2.58 bits per heavy atom. The van der Waals surface area contributed by atoms with Crippen molar-refractivity contribution in [3.63, 3.8) is 0 Å². The number of carbonyl (C=O) groups excluding carboxylic acids is 1. The Kier molecular flexibility index (Phi) is 5.01. The molecule has 0 radical (unpaired) electrons. The molecule has 0 spiro atoms. The molecule has 0 aliphatic rings. The van der Waals surface area contributed by atoms with Crippen LogP contribution in [0.25, 0.3) is 10.6 Å². The molecule has 0 fully saturated rings. The Morgan fingerprint density at radius 2 is 1.92 bits per heavy atom. The predicted molar refractivity (Wildman–Crippen MR) is 94.2 cm³/mol. The van der Waals surface area contributed by atoms with E-state index in [1.807, 2.05) is 36.6 Å². The van der Waals surface area contributed by atoms with Crippen molar-refractivity contribution in [3.05, 3.63) is 76.5 Å². The fraction of sp³-hybridized carbons (Fsp3) is 0.158. The second kappa shape index (κ2) is 7.36. The van der Waals surface area contributed by atoms with E-state index in [0.29, 0.717) is 12.1 Å². The van der Waals surface area contributed by atoms with Gasteiger partial charge >= 0.3 is 0 Å². The Bertz CT molecular complexity index is 843. The highest BCUT2D eigenvalue weighted by Gasteiger charge is 2.08. The highest BCUT2D eigenvalue weighted by atomic mass is 32.1. The zero-order chi connectivity index (χ0) is 16.9. The summed E-state index contributed by atoms with van der Waals surface area (Å²) in [7, 11) is 0. The number of hydrogen-bond donors (Lipinski definition) is 1. The van der Waals surface area contributed by atoms with E-state index in [1.54, 1.807) is 29.5 Å². The Balaban J connectivity index is 1.57. The van der Waals surface area contributed by atoms with Crippen LogP contribution < -0.4 is 5.32 Å². The van der Waals surface area contributed by atoms with Crippen LogP contribution in [0.3, 0.4) is 0 Å². The van der Waals surface area contributed by atoms with Gasteiger partial charge in [0.25, 0.3) is 0 Å². The zero-order valence-electron chi connectivity index (χ0n) is 13.3. The number of amides is 1. The van der Waals surface area contributed by atoms with Crippen molar-refractivity contribution < 1.29 is 9.18 Å². The lowest BCUT2D eigenvalue weighted by Gasteiger charge is -2.07. The van der Waals surface area contributed by atoms with Gasteiger partial charge in [0.2, 0.25) is 5.91 Å². The average molecular weight is 340 g/mol. The molecule has 0 saturated carbocycles. The maximum atomic E-state index is 13.5. The summed E-state index contributed by atoms with van der Waals surface area (Å²) in [6, 6.07) is 14.3. The number of nitrogens with one attached hydrogen (secondary N) is 1. The minimum atomic E-state index is -0.351. The highest BCUT2D eigenvalue weighted by molar-refractivity contribution is 7.13. The minimum absolute atomic E-state index is 0.0448. The van der Waals surface area contributed by atoms with E-state index in [0.717, 1.165) is 21.8 Å². The highest BCUT2D eigenvalue weighted by Crippen LogP contribution is 2.23. The first kappa shape index (κ1) is 16.3. The first-order chi connectivity index (χ1) is 11.6. The molecule has 1 N–H and O–H groups in total.